The fourth-order valence-corrected chi connectivity index (χ4v) is 2.78. The van der Waals surface area contributed by atoms with E-state index in [-0.39, 0.29) is 5.92 Å². The number of ether oxygens (including phenoxy) is 1. The zero-order chi connectivity index (χ0) is 12.1. The summed E-state index contributed by atoms with van der Waals surface area (Å²) in [5.41, 5.74) is 0. The van der Waals surface area contributed by atoms with Gasteiger partial charge in [-0.05, 0) is 38.1 Å². The third kappa shape index (κ3) is 3.68. The van der Waals surface area contributed by atoms with Crippen molar-refractivity contribution in [2.45, 2.75) is 25.7 Å². The van der Waals surface area contributed by atoms with E-state index < -0.39 is 0 Å². The second kappa shape index (κ2) is 6.36. The Bertz CT molecular complexity index is 246. The Hall–Kier alpha value is -0.610. The van der Waals surface area contributed by atoms with E-state index >= 15 is 0 Å². The normalized spacial score (nSPS) is 26.8. The topological polar surface area (TPSA) is 41.6 Å². The van der Waals surface area contributed by atoms with Crippen LogP contribution >= 0.6 is 0 Å². The van der Waals surface area contributed by atoms with Crippen LogP contribution < -0.4 is 5.32 Å². The predicted octanol–water partition coefficient (Wildman–Crippen LogP) is 0.871. The zero-order valence-electron chi connectivity index (χ0n) is 10.8. The molecule has 98 valence electrons. The first-order valence-electron chi connectivity index (χ1n) is 6.81. The molecule has 1 amide bonds. The summed E-state index contributed by atoms with van der Waals surface area (Å²) in [5, 5.41) is 3.31. The molecule has 0 aromatic carbocycles. The standard InChI is InChI=1S/C13H24N2O2/c1-15(10-11-4-7-17-8-5-11)13(16)12-3-2-6-14-9-12/h11-12,14H,2-10H2,1H3/t12-/m1/s1. The van der Waals surface area contributed by atoms with Crippen molar-refractivity contribution < 1.29 is 9.53 Å². The molecular formula is C13H24N2O2. The number of hydrogen-bond donors (Lipinski definition) is 1. The van der Waals surface area contributed by atoms with Crippen LogP contribution in [-0.4, -0.2) is 50.7 Å². The lowest BCUT2D eigenvalue weighted by molar-refractivity contribution is -0.135. The van der Waals surface area contributed by atoms with Crippen molar-refractivity contribution in [3.05, 3.63) is 0 Å². The molecule has 0 radical (unpaired) electrons. The van der Waals surface area contributed by atoms with Crippen molar-refractivity contribution >= 4 is 5.91 Å². The largest absolute Gasteiger partial charge is 0.381 e. The molecule has 2 rings (SSSR count). The van der Waals surface area contributed by atoms with Crippen LogP contribution in [0.15, 0.2) is 0 Å². The third-order valence-electron chi connectivity index (χ3n) is 3.90. The molecule has 2 heterocycles. The molecule has 0 spiro atoms. The monoisotopic (exact) mass is 240 g/mol. The molecule has 17 heavy (non-hydrogen) atoms. The fraction of sp³-hybridized carbons (Fsp3) is 0.923. The lowest BCUT2D eigenvalue weighted by Crippen LogP contribution is -2.43. The van der Waals surface area contributed by atoms with Crippen LogP contribution in [0.1, 0.15) is 25.7 Å². The lowest BCUT2D eigenvalue weighted by atomic mass is 9.96. The maximum Gasteiger partial charge on any atom is 0.226 e. The smallest absolute Gasteiger partial charge is 0.226 e. The Kier molecular flexibility index (Phi) is 4.80. The van der Waals surface area contributed by atoms with E-state index in [1.165, 1.54) is 0 Å². The summed E-state index contributed by atoms with van der Waals surface area (Å²) in [6.07, 6.45) is 4.37. The minimum Gasteiger partial charge on any atom is -0.381 e. The molecule has 2 saturated heterocycles. The highest BCUT2D eigenvalue weighted by molar-refractivity contribution is 5.78. The van der Waals surface area contributed by atoms with Crippen molar-refractivity contribution in [1.29, 1.82) is 0 Å². The van der Waals surface area contributed by atoms with Crippen LogP contribution in [0.25, 0.3) is 0 Å². The van der Waals surface area contributed by atoms with Crippen LogP contribution in [0, 0.1) is 11.8 Å². The highest BCUT2D eigenvalue weighted by atomic mass is 16.5. The van der Waals surface area contributed by atoms with E-state index in [9.17, 15) is 4.79 Å². The molecule has 1 atom stereocenters. The molecule has 0 aromatic rings. The Morgan fingerprint density at radius 1 is 1.35 bits per heavy atom. The zero-order valence-corrected chi connectivity index (χ0v) is 10.8. The molecule has 4 heteroatoms. The number of nitrogens with zero attached hydrogens (tertiary/aromatic N) is 1. The summed E-state index contributed by atoms with van der Waals surface area (Å²) in [6.45, 7) is 4.54. The average molecular weight is 240 g/mol. The van der Waals surface area contributed by atoms with Gasteiger partial charge in [0.25, 0.3) is 0 Å². The summed E-state index contributed by atoms with van der Waals surface area (Å²) in [6, 6.07) is 0. The van der Waals surface area contributed by atoms with Gasteiger partial charge in [0.2, 0.25) is 5.91 Å². The number of rotatable bonds is 3. The number of hydrogen-bond acceptors (Lipinski definition) is 3. The van der Waals surface area contributed by atoms with Gasteiger partial charge in [-0.3, -0.25) is 4.79 Å². The lowest BCUT2D eigenvalue weighted by Gasteiger charge is -2.31. The maximum atomic E-state index is 12.2. The molecular weight excluding hydrogens is 216 g/mol. The van der Waals surface area contributed by atoms with Gasteiger partial charge in [0.15, 0.2) is 0 Å². The van der Waals surface area contributed by atoms with Gasteiger partial charge < -0.3 is 15.0 Å². The third-order valence-corrected chi connectivity index (χ3v) is 3.90. The SMILES string of the molecule is CN(CC1CCOCC1)C(=O)[C@@H]1CCCNC1. The van der Waals surface area contributed by atoms with Gasteiger partial charge in [0.1, 0.15) is 0 Å². The van der Waals surface area contributed by atoms with Crippen molar-refractivity contribution in [2.75, 3.05) is 39.9 Å². The first-order valence-corrected chi connectivity index (χ1v) is 6.81. The van der Waals surface area contributed by atoms with E-state index in [0.717, 1.165) is 58.5 Å². The molecule has 0 aliphatic carbocycles. The van der Waals surface area contributed by atoms with E-state index in [0.29, 0.717) is 11.8 Å². The van der Waals surface area contributed by atoms with Crippen LogP contribution in [0.3, 0.4) is 0 Å². The van der Waals surface area contributed by atoms with Crippen LogP contribution in [-0.2, 0) is 9.53 Å². The Morgan fingerprint density at radius 2 is 2.12 bits per heavy atom. The van der Waals surface area contributed by atoms with Crippen LogP contribution in [0.4, 0.5) is 0 Å². The van der Waals surface area contributed by atoms with Gasteiger partial charge >= 0.3 is 0 Å². The first-order chi connectivity index (χ1) is 8.27. The molecule has 1 N–H and O–H groups in total. The minimum atomic E-state index is 0.202. The molecule has 2 aliphatic rings. The second-order valence-corrected chi connectivity index (χ2v) is 5.32. The summed E-state index contributed by atoms with van der Waals surface area (Å²) < 4.78 is 5.34. The average Bonchev–Trinajstić information content (AvgIpc) is 2.40. The number of piperidine rings is 1. The van der Waals surface area contributed by atoms with Crippen molar-refractivity contribution in [3.8, 4) is 0 Å². The molecule has 2 aliphatic heterocycles. The summed E-state index contributed by atoms with van der Waals surface area (Å²) in [5.74, 6) is 1.16. The number of carbonyl (C=O) groups is 1. The number of amides is 1. The molecule has 0 unspecified atom stereocenters. The highest BCUT2D eigenvalue weighted by Crippen LogP contribution is 2.18. The highest BCUT2D eigenvalue weighted by Gasteiger charge is 2.25. The van der Waals surface area contributed by atoms with Gasteiger partial charge in [-0.2, -0.15) is 0 Å². The number of nitrogens with one attached hydrogen (secondary N) is 1. The van der Waals surface area contributed by atoms with E-state index in [1.807, 2.05) is 11.9 Å². The maximum absolute atomic E-state index is 12.2. The minimum absolute atomic E-state index is 0.202. The fourth-order valence-electron chi connectivity index (χ4n) is 2.78. The van der Waals surface area contributed by atoms with E-state index in [1.54, 1.807) is 0 Å². The second-order valence-electron chi connectivity index (χ2n) is 5.32. The van der Waals surface area contributed by atoms with Gasteiger partial charge in [0.05, 0.1) is 5.92 Å². The van der Waals surface area contributed by atoms with Crippen molar-refractivity contribution in [1.82, 2.24) is 10.2 Å². The van der Waals surface area contributed by atoms with Crippen molar-refractivity contribution in [3.63, 3.8) is 0 Å². The number of carbonyl (C=O) groups excluding carboxylic acids is 1. The van der Waals surface area contributed by atoms with Crippen molar-refractivity contribution in [2.24, 2.45) is 11.8 Å². The summed E-state index contributed by atoms with van der Waals surface area (Å²) in [4.78, 5) is 14.2. The van der Waals surface area contributed by atoms with Gasteiger partial charge in [0, 0.05) is 33.4 Å². The van der Waals surface area contributed by atoms with Crippen LogP contribution in [0.2, 0.25) is 0 Å². The van der Waals surface area contributed by atoms with Gasteiger partial charge in [-0.15, -0.1) is 0 Å². The Morgan fingerprint density at radius 3 is 2.76 bits per heavy atom. The van der Waals surface area contributed by atoms with E-state index in [4.69, 9.17) is 4.74 Å². The Balaban J connectivity index is 1.77. The first kappa shape index (κ1) is 12.8. The predicted molar refractivity (Wildman–Crippen MR) is 66.8 cm³/mol. The van der Waals surface area contributed by atoms with Gasteiger partial charge in [-0.1, -0.05) is 0 Å². The summed E-state index contributed by atoms with van der Waals surface area (Å²) in [7, 11) is 1.95. The molecule has 0 bridgehead atoms. The van der Waals surface area contributed by atoms with Crippen LogP contribution in [0.5, 0.6) is 0 Å². The molecule has 0 saturated carbocycles. The quantitative estimate of drug-likeness (QED) is 0.796. The summed E-state index contributed by atoms with van der Waals surface area (Å²) >= 11 is 0. The van der Waals surface area contributed by atoms with Gasteiger partial charge in [-0.25, -0.2) is 0 Å². The Labute approximate surface area is 104 Å². The van der Waals surface area contributed by atoms with E-state index in [2.05, 4.69) is 5.32 Å². The molecule has 2 fully saturated rings. The molecule has 0 aromatic heterocycles. The molecule has 4 nitrogen and oxygen atoms in total.